The van der Waals surface area contributed by atoms with Crippen LogP contribution in [-0.2, 0) is 6.54 Å². The lowest BCUT2D eigenvalue weighted by atomic mass is 9.93. The number of para-hydroxylation sites is 1. The van der Waals surface area contributed by atoms with E-state index in [1.165, 1.54) is 6.26 Å². The zero-order valence-corrected chi connectivity index (χ0v) is 11.7. The molecule has 1 amide bonds. The molecule has 0 spiro atoms. The van der Waals surface area contributed by atoms with Crippen LogP contribution >= 0.6 is 0 Å². The van der Waals surface area contributed by atoms with Gasteiger partial charge in [-0.1, -0.05) is 18.2 Å². The van der Waals surface area contributed by atoms with Crippen molar-refractivity contribution < 1.29 is 13.9 Å². The van der Waals surface area contributed by atoms with E-state index in [-0.39, 0.29) is 11.8 Å². The Kier molecular flexibility index (Phi) is 3.92. The number of ether oxygens (including phenoxy) is 1. The molecule has 1 aliphatic rings. The number of carbonyl (C=O) groups is 1. The number of benzene rings is 1. The van der Waals surface area contributed by atoms with Crippen molar-refractivity contribution in [1.29, 1.82) is 0 Å². The smallest absolute Gasteiger partial charge is 0.254 e. The van der Waals surface area contributed by atoms with E-state index in [1.54, 1.807) is 6.07 Å². The maximum Gasteiger partial charge on any atom is 0.254 e. The van der Waals surface area contributed by atoms with E-state index in [2.05, 4.69) is 11.4 Å². The van der Waals surface area contributed by atoms with Gasteiger partial charge in [0.2, 0.25) is 0 Å². The van der Waals surface area contributed by atoms with Crippen LogP contribution in [0.25, 0.3) is 0 Å². The molecule has 1 aromatic carbocycles. The first kappa shape index (κ1) is 13.7. The van der Waals surface area contributed by atoms with E-state index >= 15 is 0 Å². The van der Waals surface area contributed by atoms with Gasteiger partial charge < -0.3 is 20.2 Å². The van der Waals surface area contributed by atoms with E-state index in [0.717, 1.165) is 17.7 Å². The third-order valence-corrected chi connectivity index (χ3v) is 3.71. The fourth-order valence-electron chi connectivity index (χ4n) is 2.55. The van der Waals surface area contributed by atoms with Crippen molar-refractivity contribution in [3.8, 4) is 5.75 Å². The average Bonchev–Trinajstić information content (AvgIpc) is 3.01. The maximum atomic E-state index is 12.1. The molecule has 2 aromatic rings. The number of furan rings is 1. The van der Waals surface area contributed by atoms with Gasteiger partial charge >= 0.3 is 0 Å². The standard InChI is InChI=1S/C16H18N2O3/c17-8-13-7-12(10-21-13)16(19)18-9-11-5-6-20-15-4-2-1-3-14(11)15/h1-4,7,10-11H,5-6,8-9,17H2,(H,18,19). The predicted molar refractivity (Wildman–Crippen MR) is 78.2 cm³/mol. The molecule has 1 atom stereocenters. The van der Waals surface area contributed by atoms with E-state index in [0.29, 0.717) is 31.0 Å². The number of nitrogens with two attached hydrogens (primary N) is 1. The van der Waals surface area contributed by atoms with Crippen molar-refractivity contribution in [3.63, 3.8) is 0 Å². The van der Waals surface area contributed by atoms with Crippen LogP contribution in [0.5, 0.6) is 5.75 Å². The predicted octanol–water partition coefficient (Wildman–Crippen LogP) is 2.03. The van der Waals surface area contributed by atoms with E-state index in [9.17, 15) is 4.79 Å². The van der Waals surface area contributed by atoms with Gasteiger partial charge in [0.05, 0.1) is 18.7 Å². The van der Waals surface area contributed by atoms with Crippen molar-refractivity contribution in [2.75, 3.05) is 13.2 Å². The molecule has 0 aliphatic carbocycles. The van der Waals surface area contributed by atoms with Crippen molar-refractivity contribution in [2.24, 2.45) is 5.73 Å². The summed E-state index contributed by atoms with van der Waals surface area (Å²) in [5, 5.41) is 2.95. The fourth-order valence-corrected chi connectivity index (χ4v) is 2.55. The first-order chi connectivity index (χ1) is 10.3. The third kappa shape index (κ3) is 2.92. The molecule has 1 aromatic heterocycles. The minimum Gasteiger partial charge on any atom is -0.493 e. The summed E-state index contributed by atoms with van der Waals surface area (Å²) in [4.78, 5) is 12.1. The molecule has 5 heteroatoms. The Hall–Kier alpha value is -2.27. The summed E-state index contributed by atoms with van der Waals surface area (Å²) in [6, 6.07) is 9.64. The van der Waals surface area contributed by atoms with Crippen LogP contribution in [0.4, 0.5) is 0 Å². The van der Waals surface area contributed by atoms with Crippen LogP contribution in [0.2, 0.25) is 0 Å². The summed E-state index contributed by atoms with van der Waals surface area (Å²) < 4.78 is 10.8. The van der Waals surface area contributed by atoms with Crippen LogP contribution in [0.3, 0.4) is 0 Å². The minimum atomic E-state index is -0.137. The maximum absolute atomic E-state index is 12.1. The molecular weight excluding hydrogens is 268 g/mol. The SMILES string of the molecule is NCc1cc(C(=O)NCC2CCOc3ccccc32)co1. The second-order valence-corrected chi connectivity index (χ2v) is 5.09. The Balaban J connectivity index is 1.64. The normalized spacial score (nSPS) is 16.9. The van der Waals surface area contributed by atoms with Gasteiger partial charge in [0.15, 0.2) is 0 Å². The van der Waals surface area contributed by atoms with Gasteiger partial charge in [-0.15, -0.1) is 0 Å². The number of fused-ring (bicyclic) bond motifs is 1. The Morgan fingerprint density at radius 1 is 1.38 bits per heavy atom. The fraction of sp³-hybridized carbons (Fsp3) is 0.312. The molecule has 2 heterocycles. The molecule has 1 aliphatic heterocycles. The summed E-state index contributed by atoms with van der Waals surface area (Å²) in [6.07, 6.45) is 2.34. The Morgan fingerprint density at radius 2 is 2.24 bits per heavy atom. The van der Waals surface area contributed by atoms with E-state index < -0.39 is 0 Å². The highest BCUT2D eigenvalue weighted by molar-refractivity contribution is 5.94. The molecule has 1 unspecified atom stereocenters. The summed E-state index contributed by atoms with van der Waals surface area (Å²) >= 11 is 0. The highest BCUT2D eigenvalue weighted by atomic mass is 16.5. The number of carbonyl (C=O) groups excluding carboxylic acids is 1. The van der Waals surface area contributed by atoms with Gasteiger partial charge in [-0.3, -0.25) is 4.79 Å². The molecule has 0 saturated heterocycles. The van der Waals surface area contributed by atoms with Crippen molar-refractivity contribution >= 4 is 5.91 Å². The van der Waals surface area contributed by atoms with Crippen LogP contribution in [-0.4, -0.2) is 19.1 Å². The number of hydrogen-bond acceptors (Lipinski definition) is 4. The largest absolute Gasteiger partial charge is 0.493 e. The number of amides is 1. The van der Waals surface area contributed by atoms with Crippen LogP contribution < -0.4 is 15.8 Å². The Morgan fingerprint density at radius 3 is 3.05 bits per heavy atom. The van der Waals surface area contributed by atoms with E-state index in [4.69, 9.17) is 14.9 Å². The highest BCUT2D eigenvalue weighted by Gasteiger charge is 2.21. The molecule has 3 N–H and O–H groups in total. The summed E-state index contributed by atoms with van der Waals surface area (Å²) in [7, 11) is 0. The molecule has 0 fully saturated rings. The average molecular weight is 286 g/mol. The summed E-state index contributed by atoms with van der Waals surface area (Å²) in [6.45, 7) is 1.56. The first-order valence-corrected chi connectivity index (χ1v) is 7.05. The molecule has 0 saturated carbocycles. The van der Waals surface area contributed by atoms with Gasteiger partial charge in [-0.05, 0) is 24.1 Å². The quantitative estimate of drug-likeness (QED) is 0.901. The molecule has 110 valence electrons. The van der Waals surface area contributed by atoms with Crippen LogP contribution in [0, 0.1) is 0 Å². The summed E-state index contributed by atoms with van der Waals surface area (Å²) in [5.74, 6) is 1.66. The lowest BCUT2D eigenvalue weighted by Crippen LogP contribution is -2.30. The number of nitrogens with one attached hydrogen (secondary N) is 1. The number of hydrogen-bond donors (Lipinski definition) is 2. The molecule has 5 nitrogen and oxygen atoms in total. The third-order valence-electron chi connectivity index (χ3n) is 3.71. The van der Waals surface area contributed by atoms with Gasteiger partial charge in [0, 0.05) is 12.5 Å². The Labute approximate surface area is 123 Å². The Bertz CT molecular complexity index is 636. The molecule has 3 rings (SSSR count). The molecule has 0 bridgehead atoms. The molecule has 0 radical (unpaired) electrons. The van der Waals surface area contributed by atoms with Crippen molar-refractivity contribution in [1.82, 2.24) is 5.32 Å². The van der Waals surface area contributed by atoms with Gasteiger partial charge in [-0.2, -0.15) is 0 Å². The molecule has 21 heavy (non-hydrogen) atoms. The van der Waals surface area contributed by atoms with E-state index in [1.807, 2.05) is 18.2 Å². The second-order valence-electron chi connectivity index (χ2n) is 5.09. The topological polar surface area (TPSA) is 77.5 Å². The lowest BCUT2D eigenvalue weighted by Gasteiger charge is -2.25. The van der Waals surface area contributed by atoms with Crippen molar-refractivity contribution in [3.05, 3.63) is 53.5 Å². The minimum absolute atomic E-state index is 0.137. The lowest BCUT2D eigenvalue weighted by molar-refractivity contribution is 0.0947. The second kappa shape index (κ2) is 6.01. The number of rotatable bonds is 4. The van der Waals surface area contributed by atoms with Gasteiger partial charge in [0.25, 0.3) is 5.91 Å². The van der Waals surface area contributed by atoms with Gasteiger partial charge in [0.1, 0.15) is 17.8 Å². The van der Waals surface area contributed by atoms with Crippen molar-refractivity contribution in [2.45, 2.75) is 18.9 Å². The zero-order valence-electron chi connectivity index (χ0n) is 11.7. The summed E-state index contributed by atoms with van der Waals surface area (Å²) in [5.41, 5.74) is 7.13. The monoisotopic (exact) mass is 286 g/mol. The van der Waals surface area contributed by atoms with Crippen LogP contribution in [0.1, 0.15) is 34.0 Å². The zero-order chi connectivity index (χ0) is 14.7. The van der Waals surface area contributed by atoms with Crippen LogP contribution in [0.15, 0.2) is 41.0 Å². The first-order valence-electron chi connectivity index (χ1n) is 7.05. The molecular formula is C16H18N2O3. The van der Waals surface area contributed by atoms with Gasteiger partial charge in [-0.25, -0.2) is 0 Å². The highest BCUT2D eigenvalue weighted by Crippen LogP contribution is 2.32.